The number of unbranched alkanes of at least 4 members (excludes halogenated alkanes) is 6. The third-order valence-corrected chi connectivity index (χ3v) is 6.07. The lowest BCUT2D eigenvalue weighted by Gasteiger charge is -2.28. The predicted molar refractivity (Wildman–Crippen MR) is 116 cm³/mol. The molecule has 2 rings (SSSR count). The number of aryl methyl sites for hydroxylation is 1. The lowest BCUT2D eigenvalue weighted by Crippen LogP contribution is -2.11. The molecule has 0 fully saturated rings. The average molecular weight is 373 g/mol. The Hall–Kier alpha value is -1.44. The number of allylic oxidation sites excluding steroid dienone is 2. The van der Waals surface area contributed by atoms with E-state index in [1.165, 1.54) is 56.1 Å². The van der Waals surface area contributed by atoms with E-state index in [1.54, 1.807) is 0 Å². The molecule has 27 heavy (non-hydrogen) atoms. The Bertz CT molecular complexity index is 604. The molecule has 1 aromatic carbocycles. The molecular weight excluding hydrogens is 332 g/mol. The molecule has 0 spiro atoms. The summed E-state index contributed by atoms with van der Waals surface area (Å²) in [4.78, 5) is 0. The van der Waals surface area contributed by atoms with Crippen molar-refractivity contribution >= 4 is 5.57 Å². The van der Waals surface area contributed by atoms with Crippen molar-refractivity contribution < 1.29 is 10.2 Å². The minimum Gasteiger partial charge on any atom is -0.507 e. The molecule has 0 bridgehead atoms. The molecule has 0 aromatic heterocycles. The summed E-state index contributed by atoms with van der Waals surface area (Å²) in [5.41, 5.74) is 4.33. The third-order valence-electron chi connectivity index (χ3n) is 6.07. The van der Waals surface area contributed by atoms with E-state index in [-0.39, 0.29) is 11.5 Å². The molecule has 1 atom stereocenters. The van der Waals surface area contributed by atoms with E-state index >= 15 is 0 Å². The van der Waals surface area contributed by atoms with Gasteiger partial charge in [-0.15, -0.1) is 0 Å². The topological polar surface area (TPSA) is 40.5 Å². The molecule has 2 heteroatoms. The second kappa shape index (κ2) is 10.8. The molecule has 2 N–H and O–H groups in total. The highest BCUT2D eigenvalue weighted by atomic mass is 16.3. The van der Waals surface area contributed by atoms with E-state index in [0.717, 1.165) is 31.2 Å². The minimum atomic E-state index is 0.259. The second-order valence-electron chi connectivity index (χ2n) is 8.89. The van der Waals surface area contributed by atoms with Gasteiger partial charge >= 0.3 is 0 Å². The maximum atomic E-state index is 10.7. The highest BCUT2D eigenvalue weighted by Crippen LogP contribution is 2.45. The van der Waals surface area contributed by atoms with Crippen molar-refractivity contribution in [3.63, 3.8) is 0 Å². The summed E-state index contributed by atoms with van der Waals surface area (Å²) in [5, 5.41) is 21.4. The van der Waals surface area contributed by atoms with Gasteiger partial charge in [0, 0.05) is 0 Å². The van der Waals surface area contributed by atoms with Crippen LogP contribution in [-0.4, -0.2) is 10.2 Å². The van der Waals surface area contributed by atoms with Gasteiger partial charge in [0.15, 0.2) is 0 Å². The summed E-state index contributed by atoms with van der Waals surface area (Å²) in [6.45, 7) is 8.94. The standard InChI is InChI=1S/C25H40O2/c1-5-6-7-8-9-10-11-12-20-16-23(26)25(24(27)17-20)22-15-19(4)13-14-21(22)18(2)3/h16-19,26-27H,5-15H2,1-4H3. The zero-order valence-electron chi connectivity index (χ0n) is 18.0. The molecule has 0 saturated heterocycles. The number of hydrogen-bond donors (Lipinski definition) is 2. The molecule has 1 aromatic rings. The number of aromatic hydroxyl groups is 2. The predicted octanol–water partition coefficient (Wildman–Crippen LogP) is 7.62. The van der Waals surface area contributed by atoms with Crippen LogP contribution in [0.3, 0.4) is 0 Å². The van der Waals surface area contributed by atoms with Gasteiger partial charge in [0.2, 0.25) is 0 Å². The van der Waals surface area contributed by atoms with Gasteiger partial charge in [-0.1, -0.05) is 71.8 Å². The fraction of sp³-hybridized carbons (Fsp3) is 0.680. The maximum Gasteiger partial charge on any atom is 0.127 e. The lowest BCUT2D eigenvalue weighted by atomic mass is 9.77. The van der Waals surface area contributed by atoms with Crippen LogP contribution in [0.15, 0.2) is 17.7 Å². The summed E-state index contributed by atoms with van der Waals surface area (Å²) >= 11 is 0. The van der Waals surface area contributed by atoms with Crippen LogP contribution in [0, 0.1) is 11.8 Å². The van der Waals surface area contributed by atoms with Gasteiger partial charge in [-0.25, -0.2) is 0 Å². The van der Waals surface area contributed by atoms with Crippen LogP contribution >= 0.6 is 0 Å². The van der Waals surface area contributed by atoms with Crippen molar-refractivity contribution in [3.8, 4) is 11.5 Å². The van der Waals surface area contributed by atoms with Gasteiger partial charge in [-0.2, -0.15) is 0 Å². The number of rotatable bonds is 10. The van der Waals surface area contributed by atoms with Gasteiger partial charge in [0.25, 0.3) is 0 Å². The van der Waals surface area contributed by atoms with Crippen molar-refractivity contribution in [1.82, 2.24) is 0 Å². The first-order valence-corrected chi connectivity index (χ1v) is 11.2. The van der Waals surface area contributed by atoms with Crippen LogP contribution in [-0.2, 0) is 6.42 Å². The van der Waals surface area contributed by atoms with Crippen LogP contribution in [0.1, 0.15) is 103 Å². The maximum absolute atomic E-state index is 10.7. The van der Waals surface area contributed by atoms with Crippen LogP contribution < -0.4 is 0 Å². The van der Waals surface area contributed by atoms with E-state index < -0.39 is 0 Å². The molecule has 1 aliphatic rings. The molecule has 152 valence electrons. The van der Waals surface area contributed by atoms with Gasteiger partial charge in [0.1, 0.15) is 11.5 Å². The summed E-state index contributed by atoms with van der Waals surface area (Å²) in [6.07, 6.45) is 13.1. The molecule has 1 unspecified atom stereocenters. The van der Waals surface area contributed by atoms with Crippen molar-refractivity contribution in [1.29, 1.82) is 0 Å². The molecule has 0 aliphatic heterocycles. The first kappa shape index (κ1) is 21.9. The Balaban J connectivity index is 2.06. The molecule has 1 aliphatic carbocycles. The Kier molecular flexibility index (Phi) is 8.73. The Morgan fingerprint density at radius 1 is 0.963 bits per heavy atom. The van der Waals surface area contributed by atoms with Crippen molar-refractivity contribution in [2.75, 3.05) is 0 Å². The monoisotopic (exact) mass is 372 g/mol. The first-order valence-electron chi connectivity index (χ1n) is 11.2. The Morgan fingerprint density at radius 3 is 2.15 bits per heavy atom. The van der Waals surface area contributed by atoms with Crippen molar-refractivity contribution in [2.24, 2.45) is 11.8 Å². The number of hydrogen-bond acceptors (Lipinski definition) is 2. The Labute approximate surface area is 166 Å². The Morgan fingerprint density at radius 2 is 1.56 bits per heavy atom. The van der Waals surface area contributed by atoms with Crippen LogP contribution in [0.4, 0.5) is 0 Å². The van der Waals surface area contributed by atoms with E-state index in [9.17, 15) is 10.2 Å². The van der Waals surface area contributed by atoms with E-state index in [0.29, 0.717) is 17.4 Å². The van der Waals surface area contributed by atoms with Gasteiger partial charge in [-0.3, -0.25) is 0 Å². The van der Waals surface area contributed by atoms with Crippen molar-refractivity contribution in [3.05, 3.63) is 28.8 Å². The number of benzene rings is 1. The average Bonchev–Trinajstić information content (AvgIpc) is 2.60. The lowest BCUT2D eigenvalue weighted by molar-refractivity contribution is 0.440. The second-order valence-corrected chi connectivity index (χ2v) is 8.89. The molecular formula is C25H40O2. The van der Waals surface area contributed by atoms with Crippen LogP contribution in [0.25, 0.3) is 5.57 Å². The zero-order valence-corrected chi connectivity index (χ0v) is 18.0. The van der Waals surface area contributed by atoms with Crippen LogP contribution in [0.5, 0.6) is 11.5 Å². The normalized spacial score (nSPS) is 17.7. The quantitative estimate of drug-likeness (QED) is 0.415. The summed E-state index contributed by atoms with van der Waals surface area (Å²) in [7, 11) is 0. The summed E-state index contributed by atoms with van der Waals surface area (Å²) < 4.78 is 0. The van der Waals surface area contributed by atoms with E-state index in [4.69, 9.17) is 0 Å². The molecule has 0 heterocycles. The highest BCUT2D eigenvalue weighted by molar-refractivity contribution is 5.78. The molecule has 2 nitrogen and oxygen atoms in total. The van der Waals surface area contributed by atoms with Crippen LogP contribution in [0.2, 0.25) is 0 Å². The highest BCUT2D eigenvalue weighted by Gasteiger charge is 2.25. The smallest absolute Gasteiger partial charge is 0.127 e. The summed E-state index contributed by atoms with van der Waals surface area (Å²) in [6, 6.07) is 3.77. The SMILES string of the molecule is CCCCCCCCCc1cc(O)c(C2=C(C(C)C)CCC(C)C2)c(O)c1. The van der Waals surface area contributed by atoms with Gasteiger partial charge < -0.3 is 10.2 Å². The minimum absolute atomic E-state index is 0.259. The summed E-state index contributed by atoms with van der Waals surface area (Å²) in [5.74, 6) is 1.58. The molecule has 0 radical (unpaired) electrons. The van der Waals surface area contributed by atoms with E-state index in [2.05, 4.69) is 27.7 Å². The first-order chi connectivity index (χ1) is 12.9. The largest absolute Gasteiger partial charge is 0.507 e. The molecule has 0 saturated carbocycles. The fourth-order valence-corrected chi connectivity index (χ4v) is 4.44. The number of phenolic OH excluding ortho intramolecular Hbond substituents is 2. The van der Waals surface area contributed by atoms with Gasteiger partial charge in [-0.05, 0) is 67.2 Å². The molecule has 0 amide bonds. The third kappa shape index (κ3) is 6.30. The fourth-order valence-electron chi connectivity index (χ4n) is 4.44. The number of phenols is 2. The van der Waals surface area contributed by atoms with Crippen molar-refractivity contribution in [2.45, 2.75) is 98.3 Å². The zero-order chi connectivity index (χ0) is 19.8. The van der Waals surface area contributed by atoms with Gasteiger partial charge in [0.05, 0.1) is 5.56 Å². The van der Waals surface area contributed by atoms with E-state index in [1.807, 2.05) is 12.1 Å².